The van der Waals surface area contributed by atoms with E-state index in [-0.39, 0.29) is 0 Å². The fourth-order valence-corrected chi connectivity index (χ4v) is 1.71. The summed E-state index contributed by atoms with van der Waals surface area (Å²) in [6.45, 7) is 1.68. The molecule has 7 heteroatoms. The number of nitrogens with zero attached hydrogens (tertiary/aromatic N) is 3. The number of nitrogens with two attached hydrogens (primary N) is 1. The second-order valence-electron chi connectivity index (χ2n) is 3.28. The Kier molecular flexibility index (Phi) is 3.38. The first-order valence-electron chi connectivity index (χ1n) is 4.86. The summed E-state index contributed by atoms with van der Waals surface area (Å²) >= 11 is 1.13. The van der Waals surface area contributed by atoms with E-state index in [9.17, 15) is 4.79 Å². The molecular weight excluding hydrogens is 240 g/mol. The van der Waals surface area contributed by atoms with Crippen LogP contribution in [0.1, 0.15) is 6.92 Å². The summed E-state index contributed by atoms with van der Waals surface area (Å²) in [6.07, 6.45) is 3.28. The van der Waals surface area contributed by atoms with Crippen molar-refractivity contribution >= 4 is 17.7 Å². The highest BCUT2D eigenvalue weighted by molar-refractivity contribution is 8.00. The summed E-state index contributed by atoms with van der Waals surface area (Å²) in [4.78, 5) is 14.8. The third-order valence-corrected chi connectivity index (χ3v) is 2.95. The first kappa shape index (κ1) is 11.6. The normalized spacial score (nSPS) is 12.3. The topological polar surface area (TPSA) is 94.9 Å². The number of pyridine rings is 1. The Bertz CT molecular complexity index is 514. The first-order chi connectivity index (χ1) is 8.16. The van der Waals surface area contributed by atoms with Crippen molar-refractivity contribution in [2.75, 3.05) is 0 Å². The highest BCUT2D eigenvalue weighted by Crippen LogP contribution is 2.25. The summed E-state index contributed by atoms with van der Waals surface area (Å²) in [6, 6.07) is 3.59. The minimum Gasteiger partial charge on any atom is -0.411 e. The van der Waals surface area contributed by atoms with E-state index >= 15 is 0 Å². The van der Waals surface area contributed by atoms with Gasteiger partial charge >= 0.3 is 0 Å². The predicted octanol–water partition coefficient (Wildman–Crippen LogP) is 1.10. The molecule has 0 aliphatic rings. The lowest BCUT2D eigenvalue weighted by atomic mass is 10.3. The highest BCUT2D eigenvalue weighted by Gasteiger charge is 2.16. The molecule has 17 heavy (non-hydrogen) atoms. The van der Waals surface area contributed by atoms with Gasteiger partial charge < -0.3 is 10.2 Å². The van der Waals surface area contributed by atoms with Gasteiger partial charge in [0.2, 0.25) is 11.8 Å². The van der Waals surface area contributed by atoms with Gasteiger partial charge in [-0.15, -0.1) is 10.2 Å². The zero-order chi connectivity index (χ0) is 12.3. The standard InChI is InChI=1S/C10H10N4O2S/c1-6(8(11)15)17-10-14-13-9(16-10)7-3-2-4-12-5-7/h2-6H,1H3,(H2,11,15)/t6-/m1/s1. The Morgan fingerprint density at radius 3 is 3.00 bits per heavy atom. The molecule has 0 saturated carbocycles. The van der Waals surface area contributed by atoms with Crippen LogP contribution in [0.2, 0.25) is 0 Å². The van der Waals surface area contributed by atoms with Gasteiger partial charge in [-0.1, -0.05) is 11.8 Å². The van der Waals surface area contributed by atoms with Gasteiger partial charge in [-0.3, -0.25) is 9.78 Å². The van der Waals surface area contributed by atoms with Gasteiger partial charge in [0.05, 0.1) is 10.8 Å². The van der Waals surface area contributed by atoms with Gasteiger partial charge in [0.25, 0.3) is 5.22 Å². The van der Waals surface area contributed by atoms with E-state index in [4.69, 9.17) is 10.2 Å². The molecule has 2 aromatic rings. The van der Waals surface area contributed by atoms with Crippen LogP contribution in [0.25, 0.3) is 11.5 Å². The van der Waals surface area contributed by atoms with Crippen molar-refractivity contribution in [3.63, 3.8) is 0 Å². The van der Waals surface area contributed by atoms with E-state index in [1.54, 1.807) is 25.4 Å². The molecule has 2 aromatic heterocycles. The molecule has 1 atom stereocenters. The molecule has 2 N–H and O–H groups in total. The van der Waals surface area contributed by atoms with Crippen molar-refractivity contribution in [1.82, 2.24) is 15.2 Å². The van der Waals surface area contributed by atoms with Gasteiger partial charge in [-0.25, -0.2) is 0 Å². The number of aromatic nitrogens is 3. The molecule has 0 aliphatic carbocycles. The van der Waals surface area contributed by atoms with Gasteiger partial charge in [-0.05, 0) is 19.1 Å². The zero-order valence-electron chi connectivity index (χ0n) is 9.03. The van der Waals surface area contributed by atoms with Crippen LogP contribution in [0.5, 0.6) is 0 Å². The van der Waals surface area contributed by atoms with E-state index in [1.807, 2.05) is 6.07 Å². The summed E-state index contributed by atoms with van der Waals surface area (Å²) < 4.78 is 5.38. The van der Waals surface area contributed by atoms with Crippen molar-refractivity contribution in [3.8, 4) is 11.5 Å². The van der Waals surface area contributed by atoms with Crippen LogP contribution in [0.4, 0.5) is 0 Å². The van der Waals surface area contributed by atoms with Crippen LogP contribution in [0.3, 0.4) is 0 Å². The molecule has 0 saturated heterocycles. The second-order valence-corrected chi connectivity index (χ2v) is 4.57. The largest absolute Gasteiger partial charge is 0.411 e. The molecule has 0 aliphatic heterocycles. The third-order valence-electron chi connectivity index (χ3n) is 1.99. The Labute approximate surface area is 102 Å². The Morgan fingerprint density at radius 1 is 1.53 bits per heavy atom. The molecule has 0 aromatic carbocycles. The van der Waals surface area contributed by atoms with Crippen molar-refractivity contribution in [1.29, 1.82) is 0 Å². The summed E-state index contributed by atoms with van der Waals surface area (Å²) in [5.74, 6) is -0.0478. The van der Waals surface area contributed by atoms with Crippen LogP contribution in [-0.4, -0.2) is 26.3 Å². The summed E-state index contributed by atoms with van der Waals surface area (Å²) in [5.41, 5.74) is 5.88. The maximum atomic E-state index is 10.9. The molecule has 6 nitrogen and oxygen atoms in total. The Morgan fingerprint density at radius 2 is 2.35 bits per heavy atom. The van der Waals surface area contributed by atoms with Crippen LogP contribution in [-0.2, 0) is 4.79 Å². The number of thioether (sulfide) groups is 1. The fraction of sp³-hybridized carbons (Fsp3) is 0.200. The molecule has 0 spiro atoms. The molecule has 0 unspecified atom stereocenters. The molecular formula is C10H10N4O2S. The number of carbonyl (C=O) groups excluding carboxylic acids is 1. The minimum atomic E-state index is -0.420. The number of amides is 1. The van der Waals surface area contributed by atoms with Gasteiger partial charge in [-0.2, -0.15) is 0 Å². The molecule has 88 valence electrons. The molecule has 0 fully saturated rings. The van der Waals surface area contributed by atoms with E-state index in [0.29, 0.717) is 11.1 Å². The number of carbonyl (C=O) groups is 1. The third kappa shape index (κ3) is 2.82. The lowest BCUT2D eigenvalue weighted by Gasteiger charge is -2.00. The molecule has 0 radical (unpaired) electrons. The molecule has 2 rings (SSSR count). The smallest absolute Gasteiger partial charge is 0.277 e. The van der Waals surface area contributed by atoms with Crippen LogP contribution < -0.4 is 5.73 Å². The highest BCUT2D eigenvalue weighted by atomic mass is 32.2. The number of rotatable bonds is 4. The maximum absolute atomic E-state index is 10.9. The number of hydrogen-bond donors (Lipinski definition) is 1. The van der Waals surface area contributed by atoms with E-state index in [2.05, 4.69) is 15.2 Å². The molecule has 0 bridgehead atoms. The van der Waals surface area contributed by atoms with Gasteiger partial charge in [0, 0.05) is 12.4 Å². The van der Waals surface area contributed by atoms with E-state index < -0.39 is 11.2 Å². The minimum absolute atomic E-state index is 0.315. The molecule has 2 heterocycles. The number of primary amides is 1. The molecule has 1 amide bonds. The van der Waals surface area contributed by atoms with Gasteiger partial charge in [0.15, 0.2) is 0 Å². The lowest BCUT2D eigenvalue weighted by Crippen LogP contribution is -2.22. The van der Waals surface area contributed by atoms with Crippen molar-refractivity contribution in [3.05, 3.63) is 24.5 Å². The summed E-state index contributed by atoms with van der Waals surface area (Å²) in [7, 11) is 0. The average Bonchev–Trinajstić information content (AvgIpc) is 2.78. The van der Waals surface area contributed by atoms with Crippen LogP contribution in [0, 0.1) is 0 Å². The van der Waals surface area contributed by atoms with Crippen molar-refractivity contribution in [2.24, 2.45) is 5.73 Å². The van der Waals surface area contributed by atoms with Crippen molar-refractivity contribution < 1.29 is 9.21 Å². The monoisotopic (exact) mass is 250 g/mol. The summed E-state index contributed by atoms with van der Waals surface area (Å²) in [5, 5.41) is 7.60. The fourth-order valence-electron chi connectivity index (χ4n) is 1.07. The van der Waals surface area contributed by atoms with Crippen LogP contribution >= 0.6 is 11.8 Å². The second kappa shape index (κ2) is 4.96. The van der Waals surface area contributed by atoms with Crippen molar-refractivity contribution in [2.45, 2.75) is 17.4 Å². The number of hydrogen-bond acceptors (Lipinski definition) is 6. The maximum Gasteiger partial charge on any atom is 0.277 e. The SMILES string of the molecule is C[C@@H](Sc1nnc(-c2cccnc2)o1)C(N)=O. The van der Waals surface area contributed by atoms with Gasteiger partial charge in [0.1, 0.15) is 0 Å². The lowest BCUT2D eigenvalue weighted by molar-refractivity contribution is -0.117. The Hall–Kier alpha value is -1.89. The van der Waals surface area contributed by atoms with Crippen LogP contribution in [0.15, 0.2) is 34.2 Å². The average molecular weight is 250 g/mol. The quantitative estimate of drug-likeness (QED) is 0.816. The van der Waals surface area contributed by atoms with E-state index in [0.717, 1.165) is 17.3 Å². The van der Waals surface area contributed by atoms with E-state index in [1.165, 1.54) is 0 Å². The first-order valence-corrected chi connectivity index (χ1v) is 5.74. The zero-order valence-corrected chi connectivity index (χ0v) is 9.85. The Balaban J connectivity index is 2.14. The predicted molar refractivity (Wildman–Crippen MR) is 62.0 cm³/mol.